The zero-order valence-electron chi connectivity index (χ0n) is 19.0. The summed E-state index contributed by atoms with van der Waals surface area (Å²) in [6, 6.07) is 15.0. The molecule has 182 valence electrons. The maximum atomic E-state index is 12.8. The molecule has 5 rings (SSSR count). The third-order valence-corrected chi connectivity index (χ3v) is 8.09. The summed E-state index contributed by atoms with van der Waals surface area (Å²) in [7, 11) is -4.32. The van der Waals surface area contributed by atoms with Crippen molar-refractivity contribution < 1.29 is 73.7 Å². The van der Waals surface area contributed by atoms with Gasteiger partial charge in [-0.2, -0.15) is 0 Å². The van der Waals surface area contributed by atoms with E-state index in [1.165, 1.54) is 30.1 Å². The van der Waals surface area contributed by atoms with Crippen molar-refractivity contribution in [1.29, 1.82) is 5.26 Å². The summed E-state index contributed by atoms with van der Waals surface area (Å²) in [5, 5.41) is 17.7. The minimum Gasteiger partial charge on any atom is -0.493 e. The molecular weight excluding hydrogens is 586 g/mol. The molecular formula is C23H13Cl2KN4O5S2. The van der Waals surface area contributed by atoms with Crippen molar-refractivity contribution in [1.82, 2.24) is 10.2 Å². The molecule has 0 saturated carbocycles. The molecule has 0 unspecified atom stereocenters. The molecule has 4 aromatic rings. The SMILES string of the molecule is N#C[N-]S(=O)(=O)c1cc(-c2nnc(-c3ccc(Cl)cc3)o2)c(Cl)cc1SCc1ccc2c(c1)OCO2.[K+]. The van der Waals surface area contributed by atoms with Gasteiger partial charge in [-0.15, -0.1) is 22.0 Å². The van der Waals surface area contributed by atoms with Crippen molar-refractivity contribution in [3.05, 3.63) is 74.9 Å². The van der Waals surface area contributed by atoms with Crippen molar-refractivity contribution in [2.75, 3.05) is 6.79 Å². The monoisotopic (exact) mass is 598 g/mol. The van der Waals surface area contributed by atoms with Crippen LogP contribution in [0.2, 0.25) is 10.0 Å². The average Bonchev–Trinajstić information content (AvgIpc) is 3.52. The van der Waals surface area contributed by atoms with E-state index >= 15 is 0 Å². The molecule has 0 N–H and O–H groups in total. The normalized spacial score (nSPS) is 12.0. The van der Waals surface area contributed by atoms with E-state index in [2.05, 4.69) is 14.9 Å². The summed E-state index contributed by atoms with van der Waals surface area (Å²) in [6.07, 6.45) is 1.34. The van der Waals surface area contributed by atoms with E-state index in [0.29, 0.717) is 32.7 Å². The van der Waals surface area contributed by atoms with Crippen molar-refractivity contribution in [2.24, 2.45) is 0 Å². The number of benzene rings is 3. The average molecular weight is 600 g/mol. The summed E-state index contributed by atoms with van der Waals surface area (Å²) in [5.74, 6) is 1.85. The van der Waals surface area contributed by atoms with Gasteiger partial charge in [0.05, 0.1) is 15.5 Å². The van der Waals surface area contributed by atoms with Crippen LogP contribution in [0.3, 0.4) is 0 Å². The first-order valence-corrected chi connectivity index (χ1v) is 13.3. The number of sulfonamides is 1. The maximum Gasteiger partial charge on any atom is 1.00 e. The van der Waals surface area contributed by atoms with Crippen LogP contribution >= 0.6 is 35.0 Å². The number of halogens is 2. The van der Waals surface area contributed by atoms with E-state index in [1.807, 2.05) is 12.1 Å². The second-order valence-corrected chi connectivity index (χ2v) is 10.8. The summed E-state index contributed by atoms with van der Waals surface area (Å²) in [4.78, 5) is 0.0956. The zero-order chi connectivity index (χ0) is 25.3. The van der Waals surface area contributed by atoms with E-state index in [9.17, 15) is 8.42 Å². The molecule has 2 heterocycles. The van der Waals surface area contributed by atoms with E-state index in [-0.39, 0.29) is 85.4 Å². The molecule has 1 aliphatic heterocycles. The van der Waals surface area contributed by atoms with Crippen LogP contribution in [-0.4, -0.2) is 25.4 Å². The van der Waals surface area contributed by atoms with Gasteiger partial charge in [-0.05, 0) is 54.1 Å². The molecule has 14 heteroatoms. The summed E-state index contributed by atoms with van der Waals surface area (Å²) in [5.41, 5.74) is 1.68. The number of hydrogen-bond acceptors (Lipinski definition) is 9. The maximum absolute atomic E-state index is 12.8. The molecule has 0 fully saturated rings. The molecule has 0 spiro atoms. The van der Waals surface area contributed by atoms with Crippen LogP contribution in [0, 0.1) is 11.5 Å². The number of ether oxygens (including phenoxy) is 2. The van der Waals surface area contributed by atoms with Crippen LogP contribution < -0.4 is 60.9 Å². The topological polar surface area (TPSA) is 129 Å². The Labute approximate surface area is 268 Å². The minimum atomic E-state index is -4.32. The van der Waals surface area contributed by atoms with Gasteiger partial charge in [-0.3, -0.25) is 0 Å². The summed E-state index contributed by atoms with van der Waals surface area (Å²) < 4.78 is 45.2. The van der Waals surface area contributed by atoms with Gasteiger partial charge in [0, 0.05) is 21.2 Å². The van der Waals surface area contributed by atoms with Crippen LogP contribution in [-0.2, 0) is 15.8 Å². The molecule has 3 aromatic carbocycles. The third-order valence-electron chi connectivity index (χ3n) is 5.05. The van der Waals surface area contributed by atoms with Gasteiger partial charge in [-0.25, -0.2) is 8.42 Å². The number of nitriles is 1. The molecule has 1 aromatic heterocycles. The molecule has 0 atom stereocenters. The second kappa shape index (κ2) is 11.9. The van der Waals surface area contributed by atoms with Crippen molar-refractivity contribution in [3.8, 4) is 40.6 Å². The Morgan fingerprint density at radius 1 is 1.00 bits per heavy atom. The number of aromatic nitrogens is 2. The Hall–Kier alpha value is -1.79. The van der Waals surface area contributed by atoms with Crippen molar-refractivity contribution >= 4 is 45.0 Å². The van der Waals surface area contributed by atoms with Crippen LogP contribution in [0.1, 0.15) is 5.56 Å². The van der Waals surface area contributed by atoms with Gasteiger partial charge in [-0.1, -0.05) is 35.5 Å². The van der Waals surface area contributed by atoms with Gasteiger partial charge < -0.3 is 23.9 Å². The molecule has 0 amide bonds. The molecule has 1 aliphatic rings. The van der Waals surface area contributed by atoms with Crippen molar-refractivity contribution in [3.63, 3.8) is 0 Å². The number of fused-ring (bicyclic) bond motifs is 1. The number of nitrogens with zero attached hydrogens (tertiary/aromatic N) is 4. The zero-order valence-corrected chi connectivity index (χ0v) is 25.3. The fraction of sp³-hybridized carbons (Fsp3) is 0.0870. The van der Waals surface area contributed by atoms with E-state index in [1.54, 1.807) is 30.3 Å². The number of rotatable bonds is 7. The Morgan fingerprint density at radius 2 is 1.73 bits per heavy atom. The minimum absolute atomic E-state index is 0. The summed E-state index contributed by atoms with van der Waals surface area (Å²) in [6.45, 7) is 0.149. The Kier molecular flexibility index (Phi) is 9.11. The first-order chi connectivity index (χ1) is 17.3. The van der Waals surface area contributed by atoms with E-state index in [0.717, 1.165) is 5.56 Å². The predicted octanol–water partition coefficient (Wildman–Crippen LogP) is 3.28. The third kappa shape index (κ3) is 6.27. The van der Waals surface area contributed by atoms with Crippen LogP contribution in [0.4, 0.5) is 0 Å². The first kappa shape index (κ1) is 28.2. The Balaban J connectivity index is 0.00000320. The van der Waals surface area contributed by atoms with Crippen LogP contribution in [0.25, 0.3) is 27.6 Å². The largest absolute Gasteiger partial charge is 1.00 e. The predicted molar refractivity (Wildman–Crippen MR) is 133 cm³/mol. The van der Waals surface area contributed by atoms with Crippen LogP contribution in [0.5, 0.6) is 11.5 Å². The Morgan fingerprint density at radius 3 is 2.49 bits per heavy atom. The van der Waals surface area contributed by atoms with Crippen molar-refractivity contribution in [2.45, 2.75) is 15.5 Å². The van der Waals surface area contributed by atoms with E-state index in [4.69, 9.17) is 42.4 Å². The molecule has 0 saturated heterocycles. The van der Waals surface area contributed by atoms with Crippen LogP contribution in [0.15, 0.2) is 68.8 Å². The molecule has 0 radical (unpaired) electrons. The molecule has 37 heavy (non-hydrogen) atoms. The first-order valence-electron chi connectivity index (χ1n) is 10.1. The van der Waals surface area contributed by atoms with Gasteiger partial charge in [0.25, 0.3) is 0 Å². The second-order valence-electron chi connectivity index (χ2n) is 7.34. The standard InChI is InChI=1S/C23H13Cl2N4O5S2.K/c24-15-4-2-14(3-5-15)22-28-29-23(34-22)16-8-21(36(30,31)27-11-26)20(9-17(16)25)35-10-13-1-6-18-19(7-13)33-12-32-18;/h1-9H,10,12H2;/q-1;+1. The van der Waals surface area contributed by atoms with Gasteiger partial charge in [0.2, 0.25) is 28.6 Å². The fourth-order valence-electron chi connectivity index (χ4n) is 3.35. The van der Waals surface area contributed by atoms with E-state index < -0.39 is 10.0 Å². The smallest absolute Gasteiger partial charge is 0.493 e. The Bertz CT molecular complexity index is 1610. The molecule has 0 aliphatic carbocycles. The molecule has 9 nitrogen and oxygen atoms in total. The van der Waals surface area contributed by atoms with Gasteiger partial charge in [0.1, 0.15) is 0 Å². The molecule has 0 bridgehead atoms. The fourth-order valence-corrected chi connectivity index (χ4v) is 5.97. The number of hydrogen-bond donors (Lipinski definition) is 0. The summed E-state index contributed by atoms with van der Waals surface area (Å²) >= 11 is 13.6. The van der Waals surface area contributed by atoms with Gasteiger partial charge in [0.15, 0.2) is 11.5 Å². The quantitative estimate of drug-likeness (QED) is 0.179. The number of thioether (sulfide) groups is 1. The van der Waals surface area contributed by atoms with Gasteiger partial charge >= 0.3 is 51.4 Å².